The van der Waals surface area contributed by atoms with E-state index in [4.69, 9.17) is 14.2 Å². The first kappa shape index (κ1) is 13.4. The van der Waals surface area contributed by atoms with Crippen LogP contribution in [0.3, 0.4) is 0 Å². The van der Waals surface area contributed by atoms with Gasteiger partial charge in [0.05, 0.1) is 11.0 Å². The van der Waals surface area contributed by atoms with Gasteiger partial charge >= 0.3 is 5.69 Å². The standard InChI is InChI=1S/C12H16N2O5/c1-2-13-3-4-17-10-8-12-11(18-5-6-19-12)7-9(10)14(15)16/h7-8,13H,2-6H2,1H3. The second-order valence-corrected chi connectivity index (χ2v) is 3.92. The predicted octanol–water partition coefficient (Wildman–Crippen LogP) is 1.35. The molecule has 0 bridgehead atoms. The molecule has 0 aliphatic carbocycles. The van der Waals surface area contributed by atoms with Crippen molar-refractivity contribution in [3.05, 3.63) is 22.2 Å². The molecule has 1 aliphatic rings. The Kier molecular flexibility index (Phi) is 4.40. The predicted molar refractivity (Wildman–Crippen MR) is 68.1 cm³/mol. The highest BCUT2D eigenvalue weighted by Gasteiger charge is 2.23. The maximum absolute atomic E-state index is 11.0. The SMILES string of the molecule is CCNCCOc1cc2c(cc1[N+](=O)[O-])OCCO2. The van der Waals surface area contributed by atoms with Gasteiger partial charge in [-0.15, -0.1) is 0 Å². The van der Waals surface area contributed by atoms with Gasteiger partial charge in [0, 0.05) is 12.6 Å². The molecule has 1 aromatic rings. The van der Waals surface area contributed by atoms with Crippen molar-refractivity contribution in [2.24, 2.45) is 0 Å². The Morgan fingerprint density at radius 3 is 2.68 bits per heavy atom. The van der Waals surface area contributed by atoms with Crippen LogP contribution in [0, 0.1) is 10.1 Å². The van der Waals surface area contributed by atoms with Gasteiger partial charge in [-0.05, 0) is 6.54 Å². The second-order valence-electron chi connectivity index (χ2n) is 3.92. The van der Waals surface area contributed by atoms with E-state index in [0.717, 1.165) is 6.54 Å². The van der Waals surface area contributed by atoms with E-state index in [1.54, 1.807) is 0 Å². The first-order valence-electron chi connectivity index (χ1n) is 6.14. The smallest absolute Gasteiger partial charge is 0.314 e. The lowest BCUT2D eigenvalue weighted by atomic mass is 10.2. The molecule has 0 fully saturated rings. The van der Waals surface area contributed by atoms with Gasteiger partial charge in [0.15, 0.2) is 11.5 Å². The summed E-state index contributed by atoms with van der Waals surface area (Å²) in [6.45, 7) is 4.61. The Balaban J connectivity index is 2.17. The highest BCUT2D eigenvalue weighted by molar-refractivity contribution is 5.58. The van der Waals surface area contributed by atoms with Gasteiger partial charge in [0.2, 0.25) is 5.75 Å². The van der Waals surface area contributed by atoms with E-state index in [-0.39, 0.29) is 11.4 Å². The molecule has 0 spiro atoms. The lowest BCUT2D eigenvalue weighted by Gasteiger charge is -2.19. The average molecular weight is 268 g/mol. The van der Waals surface area contributed by atoms with Gasteiger partial charge in [-0.3, -0.25) is 10.1 Å². The molecule has 0 radical (unpaired) electrons. The maximum Gasteiger partial charge on any atom is 0.314 e. The number of hydrogen-bond acceptors (Lipinski definition) is 6. The zero-order chi connectivity index (χ0) is 13.7. The molecule has 2 rings (SSSR count). The fraction of sp³-hybridized carbons (Fsp3) is 0.500. The summed E-state index contributed by atoms with van der Waals surface area (Å²) in [7, 11) is 0. The van der Waals surface area contributed by atoms with E-state index in [0.29, 0.717) is 37.9 Å². The highest BCUT2D eigenvalue weighted by Crippen LogP contribution is 2.40. The molecule has 19 heavy (non-hydrogen) atoms. The molecule has 7 heteroatoms. The minimum absolute atomic E-state index is 0.110. The second kappa shape index (κ2) is 6.24. The van der Waals surface area contributed by atoms with Crippen LogP contribution in [-0.2, 0) is 0 Å². The van der Waals surface area contributed by atoms with Crippen LogP contribution in [0.15, 0.2) is 12.1 Å². The Morgan fingerprint density at radius 2 is 2.05 bits per heavy atom. The summed E-state index contributed by atoms with van der Waals surface area (Å²) in [4.78, 5) is 10.5. The van der Waals surface area contributed by atoms with E-state index >= 15 is 0 Å². The van der Waals surface area contributed by atoms with Crippen LogP contribution in [0.25, 0.3) is 0 Å². The van der Waals surface area contributed by atoms with Crippen molar-refractivity contribution in [2.45, 2.75) is 6.92 Å². The normalized spacial score (nSPS) is 13.1. The molecule has 0 saturated heterocycles. The molecule has 1 aliphatic heterocycles. The zero-order valence-corrected chi connectivity index (χ0v) is 10.7. The number of ether oxygens (including phenoxy) is 3. The van der Waals surface area contributed by atoms with Gasteiger partial charge in [0.1, 0.15) is 19.8 Å². The van der Waals surface area contributed by atoms with Crippen molar-refractivity contribution in [1.29, 1.82) is 0 Å². The molecular weight excluding hydrogens is 252 g/mol. The third-order valence-corrected chi connectivity index (χ3v) is 2.61. The van der Waals surface area contributed by atoms with E-state index in [9.17, 15) is 10.1 Å². The minimum Gasteiger partial charge on any atom is -0.486 e. The number of nitrogens with one attached hydrogen (secondary N) is 1. The molecule has 0 unspecified atom stereocenters. The summed E-state index contributed by atoms with van der Waals surface area (Å²) in [5, 5.41) is 14.1. The lowest BCUT2D eigenvalue weighted by molar-refractivity contribution is -0.386. The van der Waals surface area contributed by atoms with Crippen molar-refractivity contribution in [3.8, 4) is 17.2 Å². The van der Waals surface area contributed by atoms with Gasteiger partial charge in [0.25, 0.3) is 0 Å². The van der Waals surface area contributed by atoms with Crippen molar-refractivity contribution in [2.75, 3.05) is 32.9 Å². The summed E-state index contributed by atoms with van der Waals surface area (Å²) in [6, 6.07) is 2.86. The largest absolute Gasteiger partial charge is 0.486 e. The van der Waals surface area contributed by atoms with Crippen LogP contribution in [0.4, 0.5) is 5.69 Å². The van der Waals surface area contributed by atoms with Crippen molar-refractivity contribution < 1.29 is 19.1 Å². The number of rotatable bonds is 6. The summed E-state index contributed by atoms with van der Waals surface area (Å²) >= 11 is 0. The van der Waals surface area contributed by atoms with E-state index in [1.165, 1.54) is 12.1 Å². The van der Waals surface area contributed by atoms with Crippen LogP contribution >= 0.6 is 0 Å². The molecule has 1 heterocycles. The van der Waals surface area contributed by atoms with Crippen molar-refractivity contribution in [3.63, 3.8) is 0 Å². The Labute approximate surface area is 110 Å². The number of benzene rings is 1. The first-order valence-corrected chi connectivity index (χ1v) is 6.14. The van der Waals surface area contributed by atoms with Gasteiger partial charge in [-0.2, -0.15) is 0 Å². The average Bonchev–Trinajstić information content (AvgIpc) is 2.42. The van der Waals surface area contributed by atoms with Crippen molar-refractivity contribution >= 4 is 5.69 Å². The van der Waals surface area contributed by atoms with Gasteiger partial charge in [-0.1, -0.05) is 6.92 Å². The fourth-order valence-electron chi connectivity index (χ4n) is 1.73. The summed E-state index contributed by atoms with van der Waals surface area (Å²) in [5.74, 6) is 1.07. The molecule has 0 atom stereocenters. The van der Waals surface area contributed by atoms with Crippen LogP contribution in [-0.4, -0.2) is 37.8 Å². The quantitative estimate of drug-likeness (QED) is 0.476. The molecule has 0 aromatic heterocycles. The zero-order valence-electron chi connectivity index (χ0n) is 10.7. The molecule has 0 saturated carbocycles. The monoisotopic (exact) mass is 268 g/mol. The number of nitro benzene ring substituents is 1. The molecule has 7 nitrogen and oxygen atoms in total. The third kappa shape index (κ3) is 3.25. The van der Waals surface area contributed by atoms with Gasteiger partial charge < -0.3 is 19.5 Å². The van der Waals surface area contributed by atoms with E-state index in [2.05, 4.69) is 5.32 Å². The van der Waals surface area contributed by atoms with Crippen LogP contribution in [0.2, 0.25) is 0 Å². The van der Waals surface area contributed by atoms with Crippen LogP contribution < -0.4 is 19.5 Å². The van der Waals surface area contributed by atoms with Crippen LogP contribution in [0.1, 0.15) is 6.92 Å². The van der Waals surface area contributed by atoms with Crippen molar-refractivity contribution in [1.82, 2.24) is 5.32 Å². The number of fused-ring (bicyclic) bond motifs is 1. The Bertz CT molecular complexity index is 464. The maximum atomic E-state index is 11.0. The lowest BCUT2D eigenvalue weighted by Crippen LogP contribution is -2.21. The molecule has 0 amide bonds. The number of nitro groups is 1. The number of likely N-dealkylation sites (N-methyl/N-ethyl adjacent to an activating group) is 1. The minimum atomic E-state index is -0.485. The number of nitrogens with zero attached hydrogens (tertiary/aromatic N) is 1. The Hall–Kier alpha value is -2.02. The van der Waals surface area contributed by atoms with Crippen LogP contribution in [0.5, 0.6) is 17.2 Å². The fourth-order valence-corrected chi connectivity index (χ4v) is 1.73. The highest BCUT2D eigenvalue weighted by atomic mass is 16.6. The Morgan fingerprint density at radius 1 is 1.37 bits per heavy atom. The number of hydrogen-bond donors (Lipinski definition) is 1. The molecule has 104 valence electrons. The van der Waals surface area contributed by atoms with Gasteiger partial charge in [-0.25, -0.2) is 0 Å². The van der Waals surface area contributed by atoms with E-state index < -0.39 is 4.92 Å². The summed E-state index contributed by atoms with van der Waals surface area (Å²) < 4.78 is 16.1. The molecular formula is C12H16N2O5. The topological polar surface area (TPSA) is 82.9 Å². The van der Waals surface area contributed by atoms with E-state index in [1.807, 2.05) is 6.92 Å². The summed E-state index contributed by atoms with van der Waals surface area (Å²) in [6.07, 6.45) is 0. The molecule has 1 N–H and O–H groups in total. The third-order valence-electron chi connectivity index (χ3n) is 2.61. The summed E-state index contributed by atoms with van der Waals surface area (Å²) in [5.41, 5.74) is -0.110. The first-order chi connectivity index (χ1) is 9.22. The molecule has 1 aromatic carbocycles.